The summed E-state index contributed by atoms with van der Waals surface area (Å²) in [6, 6.07) is 9.44. The van der Waals surface area contributed by atoms with Crippen LogP contribution in [0.3, 0.4) is 0 Å². The smallest absolute Gasteiger partial charge is 0.248 e. The number of hydrogen-bond donors (Lipinski definition) is 3. The Morgan fingerprint density at radius 3 is 2.62 bits per heavy atom. The summed E-state index contributed by atoms with van der Waals surface area (Å²) in [4.78, 5) is 19.4. The molecule has 0 spiro atoms. The van der Waals surface area contributed by atoms with Crippen LogP contribution in [0.5, 0.6) is 0 Å². The van der Waals surface area contributed by atoms with Crippen molar-refractivity contribution in [2.75, 3.05) is 0 Å². The second kappa shape index (κ2) is 7.35. The Hall–Kier alpha value is -2.57. The van der Waals surface area contributed by atoms with Crippen molar-refractivity contribution in [1.29, 1.82) is 0 Å². The molecule has 0 atom stereocenters. The maximum Gasteiger partial charge on any atom is 0.248 e. The molecule has 8 heteroatoms. The van der Waals surface area contributed by atoms with Crippen molar-refractivity contribution >= 4 is 52.7 Å². The zero-order valence-electron chi connectivity index (χ0n) is 14.3. The SMILES string of the molecule is CCc1cc2nc(-c3n[nH]c4ccc(C(N)=O)cc34)[nH]c2cc1C.Cl.Cl. The second-order valence-corrected chi connectivity index (χ2v) is 5.93. The third-order valence-electron chi connectivity index (χ3n) is 4.39. The normalized spacial score (nSPS) is 10.5. The van der Waals surface area contributed by atoms with E-state index in [0.29, 0.717) is 17.1 Å². The lowest BCUT2D eigenvalue weighted by molar-refractivity contribution is 0.100. The van der Waals surface area contributed by atoms with Crippen LogP contribution in [0, 0.1) is 6.92 Å². The Kier molecular flexibility index (Phi) is 5.59. The van der Waals surface area contributed by atoms with E-state index in [9.17, 15) is 4.79 Å². The summed E-state index contributed by atoms with van der Waals surface area (Å²) in [7, 11) is 0. The van der Waals surface area contributed by atoms with Crippen LogP contribution in [0.4, 0.5) is 0 Å². The van der Waals surface area contributed by atoms with Crippen LogP contribution in [-0.4, -0.2) is 26.1 Å². The van der Waals surface area contributed by atoms with E-state index in [1.54, 1.807) is 18.2 Å². The highest BCUT2D eigenvalue weighted by atomic mass is 35.5. The van der Waals surface area contributed by atoms with Gasteiger partial charge in [0.1, 0.15) is 5.69 Å². The zero-order chi connectivity index (χ0) is 16.8. The van der Waals surface area contributed by atoms with Gasteiger partial charge < -0.3 is 10.7 Å². The lowest BCUT2D eigenvalue weighted by Gasteiger charge is -2.01. The topological polar surface area (TPSA) is 100 Å². The molecule has 0 bridgehead atoms. The molecular weight excluding hydrogens is 373 g/mol. The number of carbonyl (C=O) groups excluding carboxylic acids is 1. The number of benzene rings is 2. The van der Waals surface area contributed by atoms with E-state index in [2.05, 4.69) is 46.1 Å². The number of aryl methyl sites for hydroxylation is 2. The summed E-state index contributed by atoms with van der Waals surface area (Å²) in [5.41, 5.74) is 11.7. The summed E-state index contributed by atoms with van der Waals surface area (Å²) in [5.74, 6) is 0.211. The number of primary amides is 1. The number of hydrogen-bond acceptors (Lipinski definition) is 3. The van der Waals surface area contributed by atoms with Crippen LogP contribution in [-0.2, 0) is 6.42 Å². The molecule has 1 amide bonds. The average molecular weight is 392 g/mol. The first-order valence-corrected chi connectivity index (χ1v) is 7.84. The number of H-pyrrole nitrogens is 2. The molecule has 2 heterocycles. The van der Waals surface area contributed by atoms with Crippen molar-refractivity contribution in [3.63, 3.8) is 0 Å². The van der Waals surface area contributed by atoms with Gasteiger partial charge in [0, 0.05) is 10.9 Å². The Bertz CT molecular complexity index is 1100. The Labute approximate surface area is 162 Å². The molecule has 26 heavy (non-hydrogen) atoms. The number of imidazole rings is 1. The first-order chi connectivity index (χ1) is 11.6. The van der Waals surface area contributed by atoms with Crippen LogP contribution in [0.2, 0.25) is 0 Å². The first kappa shape index (κ1) is 19.8. The summed E-state index contributed by atoms with van der Waals surface area (Å²) >= 11 is 0. The van der Waals surface area contributed by atoms with Gasteiger partial charge in [-0.3, -0.25) is 9.89 Å². The number of aromatic amines is 2. The molecular formula is C18H19Cl2N5O. The maximum atomic E-state index is 11.4. The predicted molar refractivity (Wildman–Crippen MR) is 108 cm³/mol. The molecule has 2 aromatic heterocycles. The number of aromatic nitrogens is 4. The van der Waals surface area contributed by atoms with Gasteiger partial charge >= 0.3 is 0 Å². The zero-order valence-corrected chi connectivity index (χ0v) is 15.9. The first-order valence-electron chi connectivity index (χ1n) is 7.84. The molecule has 4 N–H and O–H groups in total. The minimum absolute atomic E-state index is 0. The summed E-state index contributed by atoms with van der Waals surface area (Å²) in [5, 5.41) is 8.14. The average Bonchev–Trinajstić information content (AvgIpc) is 3.16. The third kappa shape index (κ3) is 3.13. The second-order valence-electron chi connectivity index (χ2n) is 5.93. The molecule has 136 valence electrons. The standard InChI is InChI=1S/C18H17N5O.2ClH/c1-3-10-8-15-14(6-9(10)2)20-18(21-15)16-12-7-11(17(19)24)4-5-13(12)22-23-16;;/h4-8H,3H2,1-2H3,(H2,19,24)(H,20,21)(H,22,23);2*1H. The molecule has 0 aliphatic carbocycles. The minimum atomic E-state index is -0.461. The predicted octanol–water partition coefficient (Wildman–Crippen LogP) is 3.92. The Morgan fingerprint density at radius 2 is 1.92 bits per heavy atom. The van der Waals surface area contributed by atoms with Crippen LogP contribution in [0.1, 0.15) is 28.4 Å². The molecule has 2 aromatic carbocycles. The number of carbonyl (C=O) groups is 1. The highest BCUT2D eigenvalue weighted by Gasteiger charge is 2.14. The van der Waals surface area contributed by atoms with Gasteiger partial charge in [-0.25, -0.2) is 4.98 Å². The van der Waals surface area contributed by atoms with Crippen molar-refractivity contribution in [3.8, 4) is 11.5 Å². The van der Waals surface area contributed by atoms with Gasteiger partial charge in [0.15, 0.2) is 5.82 Å². The van der Waals surface area contributed by atoms with E-state index in [0.717, 1.165) is 28.4 Å². The van der Waals surface area contributed by atoms with Crippen molar-refractivity contribution in [3.05, 3.63) is 47.0 Å². The summed E-state index contributed by atoms with van der Waals surface area (Å²) < 4.78 is 0. The van der Waals surface area contributed by atoms with E-state index >= 15 is 0 Å². The largest absolute Gasteiger partial charge is 0.366 e. The van der Waals surface area contributed by atoms with E-state index in [1.807, 2.05) is 0 Å². The molecule has 0 aliphatic heterocycles. The molecule has 0 aliphatic rings. The van der Waals surface area contributed by atoms with Gasteiger partial charge in [0.2, 0.25) is 5.91 Å². The fraction of sp³-hybridized carbons (Fsp3) is 0.167. The maximum absolute atomic E-state index is 11.4. The third-order valence-corrected chi connectivity index (χ3v) is 4.39. The van der Waals surface area contributed by atoms with Gasteiger partial charge in [0.25, 0.3) is 0 Å². The molecule has 4 aromatic rings. The molecule has 6 nitrogen and oxygen atoms in total. The van der Waals surface area contributed by atoms with Gasteiger partial charge in [-0.2, -0.15) is 5.10 Å². The summed E-state index contributed by atoms with van der Waals surface area (Å²) in [6.45, 7) is 4.23. The van der Waals surface area contributed by atoms with Crippen LogP contribution in [0.15, 0.2) is 30.3 Å². The molecule has 0 saturated carbocycles. The van der Waals surface area contributed by atoms with E-state index < -0.39 is 5.91 Å². The van der Waals surface area contributed by atoms with Gasteiger partial charge in [-0.1, -0.05) is 6.92 Å². The molecule has 0 radical (unpaired) electrons. The highest BCUT2D eigenvalue weighted by Crippen LogP contribution is 2.28. The van der Waals surface area contributed by atoms with Crippen molar-refractivity contribution < 1.29 is 4.79 Å². The quantitative estimate of drug-likeness (QED) is 0.493. The monoisotopic (exact) mass is 391 g/mol. The lowest BCUT2D eigenvalue weighted by Crippen LogP contribution is -2.10. The molecule has 0 unspecified atom stereocenters. The Morgan fingerprint density at radius 1 is 1.15 bits per heavy atom. The number of nitrogens with two attached hydrogens (primary N) is 1. The van der Waals surface area contributed by atoms with Gasteiger partial charge in [0.05, 0.1) is 16.6 Å². The van der Waals surface area contributed by atoms with Crippen LogP contribution < -0.4 is 5.73 Å². The summed E-state index contributed by atoms with van der Waals surface area (Å²) in [6.07, 6.45) is 0.970. The number of halogens is 2. The highest BCUT2D eigenvalue weighted by molar-refractivity contribution is 6.00. The van der Waals surface area contributed by atoms with Gasteiger partial charge in [-0.05, 0) is 54.8 Å². The molecule has 0 saturated heterocycles. The van der Waals surface area contributed by atoms with Crippen LogP contribution >= 0.6 is 24.8 Å². The van der Waals surface area contributed by atoms with E-state index in [-0.39, 0.29) is 24.8 Å². The fourth-order valence-corrected chi connectivity index (χ4v) is 3.05. The number of fused-ring (bicyclic) bond motifs is 2. The molecule has 4 rings (SSSR count). The van der Waals surface area contributed by atoms with Crippen LogP contribution in [0.25, 0.3) is 33.5 Å². The fourth-order valence-electron chi connectivity index (χ4n) is 3.05. The number of nitrogens with zero attached hydrogens (tertiary/aromatic N) is 2. The van der Waals surface area contributed by atoms with E-state index in [4.69, 9.17) is 5.73 Å². The number of rotatable bonds is 3. The molecule has 0 fully saturated rings. The lowest BCUT2D eigenvalue weighted by atomic mass is 10.1. The number of amides is 1. The van der Waals surface area contributed by atoms with E-state index in [1.165, 1.54) is 11.1 Å². The van der Waals surface area contributed by atoms with Gasteiger partial charge in [-0.15, -0.1) is 24.8 Å². The van der Waals surface area contributed by atoms with Crippen molar-refractivity contribution in [2.45, 2.75) is 20.3 Å². The van der Waals surface area contributed by atoms with Crippen molar-refractivity contribution in [2.24, 2.45) is 5.73 Å². The minimum Gasteiger partial charge on any atom is -0.366 e. The number of nitrogens with one attached hydrogen (secondary N) is 2. The Balaban J connectivity index is 0.00000121. The van der Waals surface area contributed by atoms with Crippen molar-refractivity contribution in [1.82, 2.24) is 20.2 Å².